The van der Waals surface area contributed by atoms with Crippen LogP contribution in [0.2, 0.25) is 0 Å². The number of piperidine rings is 1. The van der Waals surface area contributed by atoms with Crippen molar-refractivity contribution in [2.45, 2.75) is 69.4 Å². The molecule has 114 valence electrons. The maximum Gasteiger partial charge on any atom is 0.0498 e. The molecule has 3 aliphatic heterocycles. The van der Waals surface area contributed by atoms with Crippen LogP contribution < -0.4 is 5.73 Å². The average Bonchev–Trinajstić information content (AvgIpc) is 3.17. The van der Waals surface area contributed by atoms with Gasteiger partial charge in [-0.25, -0.2) is 0 Å². The van der Waals surface area contributed by atoms with Crippen molar-refractivity contribution in [1.82, 2.24) is 9.80 Å². The Balaban J connectivity index is 1.49. The molecule has 1 saturated carbocycles. The van der Waals surface area contributed by atoms with Gasteiger partial charge in [0.25, 0.3) is 0 Å². The summed E-state index contributed by atoms with van der Waals surface area (Å²) in [6.07, 6.45) is 13.0. The number of fused-ring (bicyclic) bond motifs is 1. The molecule has 4 aliphatic rings. The summed E-state index contributed by atoms with van der Waals surface area (Å²) >= 11 is 0. The Morgan fingerprint density at radius 3 is 2.30 bits per heavy atom. The van der Waals surface area contributed by atoms with E-state index in [0.29, 0.717) is 5.54 Å². The molecule has 0 radical (unpaired) electrons. The lowest BCUT2D eigenvalue weighted by molar-refractivity contribution is 0.00696. The van der Waals surface area contributed by atoms with E-state index < -0.39 is 0 Å². The summed E-state index contributed by atoms with van der Waals surface area (Å²) in [5.41, 5.74) is 7.40. The summed E-state index contributed by atoms with van der Waals surface area (Å²) in [5, 5.41) is 0. The molecule has 0 amide bonds. The Kier molecular flexibility index (Phi) is 3.36. The van der Waals surface area contributed by atoms with Gasteiger partial charge in [-0.2, -0.15) is 0 Å². The topological polar surface area (TPSA) is 32.5 Å². The van der Waals surface area contributed by atoms with Gasteiger partial charge in [0, 0.05) is 24.7 Å². The highest BCUT2D eigenvalue weighted by Gasteiger charge is 2.53. The van der Waals surface area contributed by atoms with E-state index in [0.717, 1.165) is 18.0 Å². The van der Waals surface area contributed by atoms with Crippen LogP contribution in [0.5, 0.6) is 0 Å². The summed E-state index contributed by atoms with van der Waals surface area (Å²) in [5.74, 6) is 0. The van der Waals surface area contributed by atoms with Gasteiger partial charge in [-0.05, 0) is 70.0 Å². The molecular formula is C17H31N3. The molecule has 3 saturated heterocycles. The van der Waals surface area contributed by atoms with Crippen molar-refractivity contribution in [2.24, 2.45) is 11.1 Å². The minimum atomic E-state index is 0.330. The largest absolute Gasteiger partial charge is 0.329 e. The molecule has 3 heterocycles. The second kappa shape index (κ2) is 4.96. The van der Waals surface area contributed by atoms with Crippen molar-refractivity contribution in [3.05, 3.63) is 0 Å². The number of rotatable bonds is 2. The smallest absolute Gasteiger partial charge is 0.0498 e. The molecule has 2 N–H and O–H groups in total. The van der Waals surface area contributed by atoms with Crippen LogP contribution >= 0.6 is 0 Å². The zero-order valence-corrected chi connectivity index (χ0v) is 12.9. The highest BCUT2D eigenvalue weighted by molar-refractivity contribution is 5.11. The van der Waals surface area contributed by atoms with Crippen LogP contribution in [0.1, 0.15) is 57.8 Å². The van der Waals surface area contributed by atoms with Gasteiger partial charge >= 0.3 is 0 Å². The molecule has 1 aliphatic carbocycles. The number of nitrogens with two attached hydrogens (primary N) is 1. The molecule has 4 fully saturated rings. The first-order valence-corrected chi connectivity index (χ1v) is 8.97. The fourth-order valence-electron chi connectivity index (χ4n) is 5.99. The molecule has 1 spiro atoms. The van der Waals surface area contributed by atoms with Gasteiger partial charge in [-0.1, -0.05) is 12.8 Å². The zero-order valence-electron chi connectivity index (χ0n) is 12.9. The van der Waals surface area contributed by atoms with Crippen molar-refractivity contribution >= 4 is 0 Å². The van der Waals surface area contributed by atoms with E-state index in [1.54, 1.807) is 0 Å². The van der Waals surface area contributed by atoms with Gasteiger partial charge in [0.2, 0.25) is 0 Å². The molecule has 2 atom stereocenters. The molecule has 0 aromatic rings. The molecule has 4 rings (SSSR count). The minimum Gasteiger partial charge on any atom is -0.329 e. The van der Waals surface area contributed by atoms with Gasteiger partial charge in [-0.3, -0.25) is 9.80 Å². The maximum atomic E-state index is 6.33. The van der Waals surface area contributed by atoms with Crippen molar-refractivity contribution < 1.29 is 0 Å². The van der Waals surface area contributed by atoms with Crippen LogP contribution in [-0.2, 0) is 0 Å². The number of nitrogens with zero attached hydrogens (tertiary/aromatic N) is 2. The second-order valence-electron chi connectivity index (χ2n) is 7.95. The lowest BCUT2D eigenvalue weighted by Gasteiger charge is -2.50. The Morgan fingerprint density at radius 2 is 1.60 bits per heavy atom. The Labute approximate surface area is 123 Å². The number of likely N-dealkylation sites (tertiary alicyclic amines) is 1. The third-order valence-electron chi connectivity index (χ3n) is 7.29. The fraction of sp³-hybridized carbons (Fsp3) is 1.00. The fourth-order valence-corrected chi connectivity index (χ4v) is 5.99. The normalized spacial score (nSPS) is 41.5. The van der Waals surface area contributed by atoms with Crippen LogP contribution in [0.15, 0.2) is 0 Å². The lowest BCUT2D eigenvalue weighted by atomic mass is 9.74. The Bertz CT molecular complexity index is 353. The molecule has 0 aromatic heterocycles. The van der Waals surface area contributed by atoms with Gasteiger partial charge in [-0.15, -0.1) is 0 Å². The van der Waals surface area contributed by atoms with Crippen molar-refractivity contribution in [1.29, 1.82) is 0 Å². The predicted octanol–water partition coefficient (Wildman–Crippen LogP) is 2.21. The molecule has 0 bridgehead atoms. The summed E-state index contributed by atoms with van der Waals surface area (Å²) in [6.45, 7) is 6.14. The quantitative estimate of drug-likeness (QED) is 0.840. The molecule has 3 heteroatoms. The van der Waals surface area contributed by atoms with Crippen molar-refractivity contribution in [3.63, 3.8) is 0 Å². The van der Waals surface area contributed by atoms with Crippen LogP contribution in [0.4, 0.5) is 0 Å². The SMILES string of the molecule is NCC1(N2CCC3(CCCC3)CC2)CCN2CCCC21. The third-order valence-corrected chi connectivity index (χ3v) is 7.29. The third kappa shape index (κ3) is 1.89. The summed E-state index contributed by atoms with van der Waals surface area (Å²) < 4.78 is 0. The van der Waals surface area contributed by atoms with E-state index in [4.69, 9.17) is 5.73 Å². The Morgan fingerprint density at radius 1 is 0.850 bits per heavy atom. The Hall–Kier alpha value is -0.120. The monoisotopic (exact) mass is 277 g/mol. The predicted molar refractivity (Wildman–Crippen MR) is 82.7 cm³/mol. The molecule has 0 aromatic carbocycles. The molecule has 2 unspecified atom stereocenters. The van der Waals surface area contributed by atoms with E-state index in [-0.39, 0.29) is 0 Å². The summed E-state index contributed by atoms with van der Waals surface area (Å²) in [6, 6.07) is 0.769. The van der Waals surface area contributed by atoms with E-state index in [2.05, 4.69) is 9.80 Å². The maximum absolute atomic E-state index is 6.33. The average molecular weight is 277 g/mol. The van der Waals surface area contributed by atoms with Gasteiger partial charge in [0.05, 0.1) is 0 Å². The number of hydrogen-bond acceptors (Lipinski definition) is 3. The molecule has 20 heavy (non-hydrogen) atoms. The van der Waals surface area contributed by atoms with E-state index in [9.17, 15) is 0 Å². The first kappa shape index (κ1) is 13.5. The molecule has 3 nitrogen and oxygen atoms in total. The van der Waals surface area contributed by atoms with Crippen LogP contribution in [-0.4, -0.2) is 54.1 Å². The van der Waals surface area contributed by atoms with Gasteiger partial charge < -0.3 is 5.73 Å². The standard InChI is InChI=1S/C17H31N3/c18-14-17(9-11-19-10-3-4-15(17)19)20-12-7-16(8-13-20)5-1-2-6-16/h15H,1-14,18H2. The first-order valence-electron chi connectivity index (χ1n) is 8.97. The van der Waals surface area contributed by atoms with Gasteiger partial charge in [0.1, 0.15) is 0 Å². The highest BCUT2D eigenvalue weighted by atomic mass is 15.3. The first-order chi connectivity index (χ1) is 9.78. The summed E-state index contributed by atoms with van der Waals surface area (Å²) in [4.78, 5) is 5.55. The van der Waals surface area contributed by atoms with E-state index in [1.165, 1.54) is 84.0 Å². The lowest BCUT2D eigenvalue weighted by Crippen LogP contribution is -2.62. The van der Waals surface area contributed by atoms with Crippen molar-refractivity contribution in [2.75, 3.05) is 32.7 Å². The highest BCUT2D eigenvalue weighted by Crippen LogP contribution is 2.49. The number of hydrogen-bond donors (Lipinski definition) is 1. The minimum absolute atomic E-state index is 0.330. The van der Waals surface area contributed by atoms with Crippen molar-refractivity contribution in [3.8, 4) is 0 Å². The second-order valence-corrected chi connectivity index (χ2v) is 7.95. The van der Waals surface area contributed by atoms with Gasteiger partial charge in [0.15, 0.2) is 0 Å². The van der Waals surface area contributed by atoms with Crippen LogP contribution in [0.3, 0.4) is 0 Å². The van der Waals surface area contributed by atoms with Crippen LogP contribution in [0, 0.1) is 5.41 Å². The zero-order chi connectivity index (χ0) is 13.6. The molecular weight excluding hydrogens is 246 g/mol. The van der Waals surface area contributed by atoms with Crippen LogP contribution in [0.25, 0.3) is 0 Å². The summed E-state index contributed by atoms with van der Waals surface area (Å²) in [7, 11) is 0. The van der Waals surface area contributed by atoms with E-state index in [1.807, 2.05) is 0 Å². The van der Waals surface area contributed by atoms with E-state index >= 15 is 0 Å².